The number of piperidine rings is 1. The van der Waals surface area contributed by atoms with E-state index in [0.29, 0.717) is 0 Å². The van der Waals surface area contributed by atoms with E-state index in [0.717, 1.165) is 43.8 Å². The molecule has 1 aliphatic heterocycles. The van der Waals surface area contributed by atoms with Crippen molar-refractivity contribution in [2.75, 3.05) is 13.1 Å². The predicted molar refractivity (Wildman–Crippen MR) is 101 cm³/mol. The van der Waals surface area contributed by atoms with Crippen LogP contribution in [0.3, 0.4) is 0 Å². The Balaban J connectivity index is 1.37. The smallest absolute Gasteiger partial charge is 0.266 e. The maximum Gasteiger partial charge on any atom is 0.266 e. The molecule has 0 atom stereocenters. The number of ether oxygens (including phenoxy) is 1. The van der Waals surface area contributed by atoms with Crippen LogP contribution < -0.4 is 10.3 Å². The zero-order valence-corrected chi connectivity index (χ0v) is 15.3. The van der Waals surface area contributed by atoms with Crippen LogP contribution >= 0.6 is 0 Å². The van der Waals surface area contributed by atoms with E-state index in [9.17, 15) is 4.79 Å². The van der Waals surface area contributed by atoms with E-state index in [1.165, 1.54) is 15.6 Å². The predicted octanol–water partition coefficient (Wildman–Crippen LogP) is 2.32. The second-order valence-corrected chi connectivity index (χ2v) is 7.03. The van der Waals surface area contributed by atoms with Crippen LogP contribution in [0, 0.1) is 0 Å². The van der Waals surface area contributed by atoms with Crippen molar-refractivity contribution in [1.29, 1.82) is 0 Å². The number of aromatic nitrogens is 3. The normalized spacial score (nSPS) is 16.2. The number of aryl methyl sites for hydroxylation is 2. The van der Waals surface area contributed by atoms with Gasteiger partial charge in [-0.15, -0.1) is 0 Å². The second kappa shape index (κ2) is 6.96. The third-order valence-electron chi connectivity index (χ3n) is 5.15. The average molecular weight is 352 g/mol. The molecule has 0 bridgehead atoms. The van der Waals surface area contributed by atoms with Gasteiger partial charge in [0.1, 0.15) is 11.9 Å². The van der Waals surface area contributed by atoms with Gasteiger partial charge in [-0.05, 0) is 36.6 Å². The number of hydrogen-bond donors (Lipinski definition) is 0. The standard InChI is InChI=1S/C20H24N4O2/c1-22-9-8-17-18(22)4-3-5-19(17)26-16-6-10-24(11-7-16)14-15-12-20(25)23(2)21-13-15/h3-5,8-9,12-13,16H,6-7,10-11,14H2,1-2H3. The molecule has 0 saturated carbocycles. The van der Waals surface area contributed by atoms with Gasteiger partial charge in [0.2, 0.25) is 0 Å². The maximum atomic E-state index is 11.7. The van der Waals surface area contributed by atoms with E-state index in [1.54, 1.807) is 19.3 Å². The zero-order chi connectivity index (χ0) is 18.1. The van der Waals surface area contributed by atoms with E-state index in [2.05, 4.69) is 52.1 Å². The van der Waals surface area contributed by atoms with Crippen LogP contribution in [0.2, 0.25) is 0 Å². The van der Waals surface area contributed by atoms with Gasteiger partial charge in [-0.1, -0.05) is 6.07 Å². The first-order chi connectivity index (χ1) is 12.6. The summed E-state index contributed by atoms with van der Waals surface area (Å²) in [6.07, 6.45) is 6.06. The van der Waals surface area contributed by atoms with Crippen molar-refractivity contribution in [3.05, 3.63) is 58.6 Å². The van der Waals surface area contributed by atoms with Gasteiger partial charge in [0.25, 0.3) is 5.56 Å². The molecule has 1 fully saturated rings. The van der Waals surface area contributed by atoms with Gasteiger partial charge in [-0.3, -0.25) is 9.69 Å². The molecule has 2 aromatic heterocycles. The van der Waals surface area contributed by atoms with Gasteiger partial charge in [0.15, 0.2) is 0 Å². The van der Waals surface area contributed by atoms with Gasteiger partial charge in [-0.2, -0.15) is 5.10 Å². The molecule has 1 aliphatic rings. The van der Waals surface area contributed by atoms with Crippen LogP contribution in [-0.4, -0.2) is 38.4 Å². The lowest BCUT2D eigenvalue weighted by Crippen LogP contribution is -2.38. The topological polar surface area (TPSA) is 52.3 Å². The van der Waals surface area contributed by atoms with E-state index < -0.39 is 0 Å². The molecule has 3 heterocycles. The van der Waals surface area contributed by atoms with Crippen molar-refractivity contribution in [2.24, 2.45) is 14.1 Å². The molecule has 0 amide bonds. The molecule has 136 valence electrons. The zero-order valence-electron chi connectivity index (χ0n) is 15.3. The number of benzene rings is 1. The molecule has 0 aliphatic carbocycles. The highest BCUT2D eigenvalue weighted by molar-refractivity contribution is 5.86. The van der Waals surface area contributed by atoms with Crippen LogP contribution in [0.4, 0.5) is 0 Å². The first-order valence-corrected chi connectivity index (χ1v) is 9.05. The summed E-state index contributed by atoms with van der Waals surface area (Å²) in [5.41, 5.74) is 2.11. The van der Waals surface area contributed by atoms with E-state index in [4.69, 9.17) is 4.74 Å². The number of likely N-dealkylation sites (tertiary alicyclic amines) is 1. The SMILES string of the molecule is Cn1ncc(CN2CCC(Oc3cccc4c3ccn4C)CC2)cc1=O. The van der Waals surface area contributed by atoms with Crippen LogP contribution in [0.15, 0.2) is 47.5 Å². The highest BCUT2D eigenvalue weighted by atomic mass is 16.5. The van der Waals surface area contributed by atoms with Crippen molar-refractivity contribution in [1.82, 2.24) is 19.2 Å². The first kappa shape index (κ1) is 16.8. The molecule has 6 heteroatoms. The Labute approximate surface area is 152 Å². The summed E-state index contributed by atoms with van der Waals surface area (Å²) in [5, 5.41) is 5.27. The summed E-state index contributed by atoms with van der Waals surface area (Å²) < 4.78 is 9.78. The Hall–Kier alpha value is -2.60. The minimum Gasteiger partial charge on any atom is -0.490 e. The molecule has 0 N–H and O–H groups in total. The second-order valence-electron chi connectivity index (χ2n) is 7.03. The summed E-state index contributed by atoms with van der Waals surface area (Å²) >= 11 is 0. The monoisotopic (exact) mass is 352 g/mol. The Morgan fingerprint density at radius 2 is 2.00 bits per heavy atom. The number of fused-ring (bicyclic) bond motifs is 1. The maximum absolute atomic E-state index is 11.7. The largest absolute Gasteiger partial charge is 0.490 e. The first-order valence-electron chi connectivity index (χ1n) is 9.05. The molecule has 0 radical (unpaired) electrons. The molecule has 3 aromatic rings. The van der Waals surface area contributed by atoms with Gasteiger partial charge >= 0.3 is 0 Å². The van der Waals surface area contributed by atoms with Crippen molar-refractivity contribution in [3.63, 3.8) is 0 Å². The van der Waals surface area contributed by atoms with Crippen molar-refractivity contribution in [2.45, 2.75) is 25.5 Å². The lowest BCUT2D eigenvalue weighted by atomic mass is 10.1. The van der Waals surface area contributed by atoms with E-state index in [-0.39, 0.29) is 11.7 Å². The molecule has 4 rings (SSSR count). The fourth-order valence-corrected chi connectivity index (χ4v) is 3.59. The number of rotatable bonds is 4. The van der Waals surface area contributed by atoms with E-state index >= 15 is 0 Å². The molecule has 1 aromatic carbocycles. The summed E-state index contributed by atoms with van der Waals surface area (Å²) in [5.74, 6) is 0.970. The van der Waals surface area contributed by atoms with E-state index in [1.807, 2.05) is 0 Å². The Bertz CT molecular complexity index is 967. The quantitative estimate of drug-likeness (QED) is 0.723. The molecule has 0 spiro atoms. The number of nitrogens with zero attached hydrogens (tertiary/aromatic N) is 4. The third kappa shape index (κ3) is 3.37. The third-order valence-corrected chi connectivity index (χ3v) is 5.15. The van der Waals surface area contributed by atoms with Gasteiger partial charge in [0, 0.05) is 51.4 Å². The lowest BCUT2D eigenvalue weighted by Gasteiger charge is -2.32. The summed E-state index contributed by atoms with van der Waals surface area (Å²) in [6.45, 7) is 2.69. The molecule has 0 unspecified atom stereocenters. The summed E-state index contributed by atoms with van der Waals surface area (Å²) in [4.78, 5) is 14.1. The molecule has 26 heavy (non-hydrogen) atoms. The highest BCUT2D eigenvalue weighted by Gasteiger charge is 2.21. The average Bonchev–Trinajstić information content (AvgIpc) is 3.02. The Morgan fingerprint density at radius 1 is 1.19 bits per heavy atom. The minimum absolute atomic E-state index is 0.0586. The Kier molecular flexibility index (Phi) is 4.51. The fraction of sp³-hybridized carbons (Fsp3) is 0.400. The molecule has 6 nitrogen and oxygen atoms in total. The van der Waals surface area contributed by atoms with Crippen LogP contribution in [-0.2, 0) is 20.6 Å². The molecular weight excluding hydrogens is 328 g/mol. The van der Waals surface area contributed by atoms with Crippen LogP contribution in [0.1, 0.15) is 18.4 Å². The lowest BCUT2D eigenvalue weighted by molar-refractivity contribution is 0.0978. The van der Waals surface area contributed by atoms with Gasteiger partial charge in [-0.25, -0.2) is 4.68 Å². The summed E-state index contributed by atoms with van der Waals surface area (Å²) in [7, 11) is 3.72. The molecule has 1 saturated heterocycles. The Morgan fingerprint density at radius 3 is 2.77 bits per heavy atom. The molecular formula is C20H24N4O2. The van der Waals surface area contributed by atoms with Crippen LogP contribution in [0.25, 0.3) is 10.9 Å². The highest BCUT2D eigenvalue weighted by Crippen LogP contribution is 2.28. The van der Waals surface area contributed by atoms with Gasteiger partial charge < -0.3 is 9.30 Å². The van der Waals surface area contributed by atoms with Crippen molar-refractivity contribution >= 4 is 10.9 Å². The summed E-state index contributed by atoms with van der Waals surface area (Å²) in [6, 6.07) is 10.0. The van der Waals surface area contributed by atoms with Crippen molar-refractivity contribution in [3.8, 4) is 5.75 Å². The minimum atomic E-state index is -0.0586. The van der Waals surface area contributed by atoms with Crippen LogP contribution in [0.5, 0.6) is 5.75 Å². The van der Waals surface area contributed by atoms with Crippen molar-refractivity contribution < 1.29 is 4.74 Å². The fourth-order valence-electron chi connectivity index (χ4n) is 3.59. The van der Waals surface area contributed by atoms with Gasteiger partial charge in [0.05, 0.1) is 11.7 Å². The number of hydrogen-bond acceptors (Lipinski definition) is 4.